The number of rotatable bonds is 0. The number of fused-ring (bicyclic) bond motifs is 1. The van der Waals surface area contributed by atoms with Crippen molar-refractivity contribution in [3.63, 3.8) is 0 Å². The first-order chi connectivity index (χ1) is 5.70. The van der Waals surface area contributed by atoms with Crippen LogP contribution < -0.4 is 0 Å². The second kappa shape index (κ2) is 2.30. The average Bonchev–Trinajstić information content (AvgIpc) is 2.32. The minimum atomic E-state index is 0.996. The summed E-state index contributed by atoms with van der Waals surface area (Å²) in [5.41, 5.74) is 3.16. The molecule has 0 saturated heterocycles. The van der Waals surface area contributed by atoms with Gasteiger partial charge in [0.05, 0.1) is 11.2 Å². The predicted molar refractivity (Wildman–Crippen MR) is 48.0 cm³/mol. The summed E-state index contributed by atoms with van der Waals surface area (Å²) in [6.45, 7) is 3.98. The molecule has 0 radical (unpaired) electrons. The summed E-state index contributed by atoms with van der Waals surface area (Å²) in [6.07, 6.45) is 1.82. The second-order valence-corrected chi connectivity index (χ2v) is 2.98. The quantitative estimate of drug-likeness (QED) is 0.587. The maximum absolute atomic E-state index is 4.41. The zero-order valence-electron chi connectivity index (χ0n) is 7.50. The molecule has 0 bridgehead atoms. The molecule has 2 aromatic rings. The van der Waals surface area contributed by atoms with Crippen LogP contribution >= 0.6 is 0 Å². The van der Waals surface area contributed by atoms with Gasteiger partial charge in [-0.15, -0.1) is 0 Å². The summed E-state index contributed by atoms with van der Waals surface area (Å²) in [5, 5.41) is 0. The van der Waals surface area contributed by atoms with Crippen molar-refractivity contribution in [2.24, 2.45) is 7.05 Å². The van der Waals surface area contributed by atoms with Crippen LogP contribution in [-0.2, 0) is 7.05 Å². The third kappa shape index (κ3) is 0.826. The highest BCUT2D eigenvalue weighted by molar-refractivity contribution is 5.77. The molecule has 2 heterocycles. The van der Waals surface area contributed by atoms with Crippen LogP contribution in [0.25, 0.3) is 11.0 Å². The molecule has 0 atom stereocenters. The Morgan fingerprint density at radius 2 is 2.08 bits per heavy atom. The first-order valence-corrected chi connectivity index (χ1v) is 3.95. The van der Waals surface area contributed by atoms with Crippen LogP contribution in [-0.4, -0.2) is 14.5 Å². The molecule has 2 aromatic heterocycles. The Morgan fingerprint density at radius 3 is 2.75 bits per heavy atom. The lowest BCUT2D eigenvalue weighted by atomic mass is 10.3. The Labute approximate surface area is 71.1 Å². The van der Waals surface area contributed by atoms with Crippen molar-refractivity contribution in [2.45, 2.75) is 13.8 Å². The van der Waals surface area contributed by atoms with Gasteiger partial charge in [0.1, 0.15) is 11.3 Å². The molecule has 12 heavy (non-hydrogen) atoms. The summed E-state index contributed by atoms with van der Waals surface area (Å²) in [5.74, 6) is 1.03. The Hall–Kier alpha value is -1.38. The third-order valence-corrected chi connectivity index (χ3v) is 2.21. The van der Waals surface area contributed by atoms with Crippen molar-refractivity contribution in [1.82, 2.24) is 14.5 Å². The molecule has 3 nitrogen and oxygen atoms in total. The van der Waals surface area contributed by atoms with E-state index in [1.165, 1.54) is 0 Å². The van der Waals surface area contributed by atoms with Crippen molar-refractivity contribution in [2.75, 3.05) is 0 Å². The van der Waals surface area contributed by atoms with Gasteiger partial charge in [0, 0.05) is 13.2 Å². The molecular formula is C9H11N3. The fraction of sp³-hybridized carbons (Fsp3) is 0.333. The molecule has 0 unspecified atom stereocenters. The zero-order valence-corrected chi connectivity index (χ0v) is 7.50. The number of nitrogens with zero attached hydrogens (tertiary/aromatic N) is 3. The van der Waals surface area contributed by atoms with Gasteiger partial charge in [-0.3, -0.25) is 4.98 Å². The van der Waals surface area contributed by atoms with Crippen LogP contribution in [0.5, 0.6) is 0 Å². The number of hydrogen-bond donors (Lipinski definition) is 0. The molecule has 62 valence electrons. The molecule has 0 spiro atoms. The lowest BCUT2D eigenvalue weighted by Gasteiger charge is -1.95. The number of hydrogen-bond acceptors (Lipinski definition) is 2. The topological polar surface area (TPSA) is 30.7 Å². The van der Waals surface area contributed by atoms with Crippen molar-refractivity contribution < 1.29 is 0 Å². The van der Waals surface area contributed by atoms with Gasteiger partial charge in [-0.2, -0.15) is 0 Å². The third-order valence-electron chi connectivity index (χ3n) is 2.21. The summed E-state index contributed by atoms with van der Waals surface area (Å²) >= 11 is 0. The van der Waals surface area contributed by atoms with Crippen LogP contribution in [0.1, 0.15) is 11.5 Å². The molecule has 0 aliphatic heterocycles. The van der Waals surface area contributed by atoms with Crippen molar-refractivity contribution >= 4 is 11.0 Å². The molecule has 2 rings (SSSR count). The summed E-state index contributed by atoms with van der Waals surface area (Å²) in [6, 6.07) is 1.99. The smallest absolute Gasteiger partial charge is 0.110 e. The van der Waals surface area contributed by atoms with E-state index in [-0.39, 0.29) is 0 Å². The Morgan fingerprint density at radius 1 is 1.33 bits per heavy atom. The maximum atomic E-state index is 4.41. The van der Waals surface area contributed by atoms with Gasteiger partial charge in [-0.1, -0.05) is 0 Å². The maximum Gasteiger partial charge on any atom is 0.110 e. The average molecular weight is 161 g/mol. The Balaban J connectivity index is 2.95. The van der Waals surface area contributed by atoms with E-state index in [1.54, 1.807) is 0 Å². The largest absolute Gasteiger partial charge is 0.331 e. The first-order valence-electron chi connectivity index (χ1n) is 3.95. The van der Waals surface area contributed by atoms with Crippen LogP contribution in [0.3, 0.4) is 0 Å². The molecule has 0 aliphatic rings. The van der Waals surface area contributed by atoms with E-state index >= 15 is 0 Å². The molecule has 0 saturated carbocycles. The first kappa shape index (κ1) is 7.28. The van der Waals surface area contributed by atoms with Gasteiger partial charge in [-0.25, -0.2) is 4.98 Å². The lowest BCUT2D eigenvalue weighted by Crippen LogP contribution is -1.90. The molecule has 0 aromatic carbocycles. The fourth-order valence-corrected chi connectivity index (χ4v) is 1.37. The molecule has 0 fully saturated rings. The monoisotopic (exact) mass is 161 g/mol. The van der Waals surface area contributed by atoms with Crippen molar-refractivity contribution in [3.8, 4) is 0 Å². The van der Waals surface area contributed by atoms with E-state index in [1.807, 2.05) is 33.2 Å². The summed E-state index contributed by atoms with van der Waals surface area (Å²) in [4.78, 5) is 8.60. The molecule has 0 amide bonds. The standard InChI is InChI=1S/C9H11N3/c1-6-9-8(4-5-10-6)12(3)7(2)11-9/h4-5H,1-3H3. The SMILES string of the molecule is Cc1nccc2c1nc(C)n2C. The van der Waals surface area contributed by atoms with Gasteiger partial charge in [0.2, 0.25) is 0 Å². The van der Waals surface area contributed by atoms with Crippen LogP contribution in [0.2, 0.25) is 0 Å². The molecular weight excluding hydrogens is 150 g/mol. The minimum absolute atomic E-state index is 0.996. The number of aryl methyl sites for hydroxylation is 3. The van der Waals surface area contributed by atoms with Crippen LogP contribution in [0, 0.1) is 13.8 Å². The van der Waals surface area contributed by atoms with Gasteiger partial charge in [0.15, 0.2) is 0 Å². The highest BCUT2D eigenvalue weighted by Crippen LogP contribution is 2.15. The van der Waals surface area contributed by atoms with E-state index in [0.29, 0.717) is 0 Å². The molecule has 0 aliphatic carbocycles. The number of imidazole rings is 1. The normalized spacial score (nSPS) is 10.9. The van der Waals surface area contributed by atoms with Crippen molar-refractivity contribution in [1.29, 1.82) is 0 Å². The van der Waals surface area contributed by atoms with E-state index < -0.39 is 0 Å². The Bertz CT molecular complexity index is 429. The fourth-order valence-electron chi connectivity index (χ4n) is 1.37. The second-order valence-electron chi connectivity index (χ2n) is 2.98. The summed E-state index contributed by atoms with van der Waals surface area (Å²) < 4.78 is 2.07. The highest BCUT2D eigenvalue weighted by Gasteiger charge is 2.05. The van der Waals surface area contributed by atoms with Gasteiger partial charge < -0.3 is 4.57 Å². The predicted octanol–water partition coefficient (Wildman–Crippen LogP) is 1.59. The number of aromatic nitrogens is 3. The zero-order chi connectivity index (χ0) is 8.72. The van der Waals surface area contributed by atoms with Crippen LogP contribution in [0.15, 0.2) is 12.3 Å². The molecule has 3 heteroatoms. The van der Waals surface area contributed by atoms with Gasteiger partial charge >= 0.3 is 0 Å². The van der Waals surface area contributed by atoms with Crippen molar-refractivity contribution in [3.05, 3.63) is 23.8 Å². The van der Waals surface area contributed by atoms with E-state index in [9.17, 15) is 0 Å². The lowest BCUT2D eigenvalue weighted by molar-refractivity contribution is 0.886. The van der Waals surface area contributed by atoms with Gasteiger partial charge in [-0.05, 0) is 19.9 Å². The highest BCUT2D eigenvalue weighted by atomic mass is 15.1. The Kier molecular flexibility index (Phi) is 1.40. The van der Waals surface area contributed by atoms with E-state index in [0.717, 1.165) is 22.6 Å². The van der Waals surface area contributed by atoms with E-state index in [2.05, 4.69) is 14.5 Å². The van der Waals surface area contributed by atoms with Crippen LogP contribution in [0.4, 0.5) is 0 Å². The van der Waals surface area contributed by atoms with Gasteiger partial charge in [0.25, 0.3) is 0 Å². The minimum Gasteiger partial charge on any atom is -0.331 e. The van der Waals surface area contributed by atoms with E-state index in [4.69, 9.17) is 0 Å². The number of pyridine rings is 1. The molecule has 0 N–H and O–H groups in total. The summed E-state index contributed by atoms with van der Waals surface area (Å²) in [7, 11) is 2.02.